The molecule has 1 aliphatic heterocycles. The summed E-state index contributed by atoms with van der Waals surface area (Å²) in [5.74, 6) is 0.188. The predicted molar refractivity (Wildman–Crippen MR) is 121 cm³/mol. The van der Waals surface area contributed by atoms with Crippen LogP contribution in [0.1, 0.15) is 61.5 Å². The van der Waals surface area contributed by atoms with Crippen LogP contribution in [0, 0.1) is 5.92 Å². The summed E-state index contributed by atoms with van der Waals surface area (Å²) in [5, 5.41) is 3.57. The number of amides is 2. The van der Waals surface area contributed by atoms with Crippen LogP contribution >= 0.6 is 11.6 Å². The van der Waals surface area contributed by atoms with E-state index in [9.17, 15) is 9.59 Å². The molecule has 1 saturated heterocycles. The van der Waals surface area contributed by atoms with Gasteiger partial charge in [0.15, 0.2) is 0 Å². The summed E-state index contributed by atoms with van der Waals surface area (Å²) in [4.78, 5) is 28.6. The van der Waals surface area contributed by atoms with Crippen LogP contribution in [0.4, 0.5) is 0 Å². The van der Waals surface area contributed by atoms with Crippen molar-refractivity contribution < 1.29 is 14.3 Å². The number of carbonyl (C=O) groups excluding carboxylic acids is 2. The largest absolute Gasteiger partial charge is 0.353 e. The number of ether oxygens (including phenoxy) is 1. The van der Waals surface area contributed by atoms with Gasteiger partial charge < -0.3 is 10.1 Å². The van der Waals surface area contributed by atoms with E-state index in [1.54, 1.807) is 29.2 Å². The van der Waals surface area contributed by atoms with Crippen molar-refractivity contribution in [3.05, 3.63) is 70.7 Å². The number of nitrogens with zero attached hydrogens (tertiary/aromatic N) is 1. The van der Waals surface area contributed by atoms with E-state index in [2.05, 4.69) is 12.2 Å². The lowest BCUT2D eigenvalue weighted by Gasteiger charge is -2.43. The second kappa shape index (κ2) is 9.01. The molecule has 1 spiro atoms. The molecule has 31 heavy (non-hydrogen) atoms. The summed E-state index contributed by atoms with van der Waals surface area (Å²) in [6, 6.07) is 15.9. The van der Waals surface area contributed by atoms with Gasteiger partial charge in [0, 0.05) is 10.6 Å². The molecule has 2 aromatic rings. The molecule has 1 saturated carbocycles. The van der Waals surface area contributed by atoms with Crippen molar-refractivity contribution in [2.75, 3.05) is 6.61 Å². The van der Waals surface area contributed by atoms with Crippen LogP contribution < -0.4 is 5.32 Å². The van der Waals surface area contributed by atoms with Crippen molar-refractivity contribution >= 4 is 23.4 Å². The SMILES string of the molecule is CC1CCC2(CC1)OC[C@H](C(=O)N[C@H](C)c1ccccc1)N2C(=O)c1cccc(Cl)c1. The molecule has 1 N–H and O–H groups in total. The average Bonchev–Trinajstić information content (AvgIpc) is 3.15. The lowest BCUT2D eigenvalue weighted by atomic mass is 9.83. The van der Waals surface area contributed by atoms with Crippen LogP contribution in [0.2, 0.25) is 5.02 Å². The molecule has 0 unspecified atom stereocenters. The molecule has 0 radical (unpaired) electrons. The normalized spacial score (nSPS) is 26.6. The van der Waals surface area contributed by atoms with Gasteiger partial charge in [0.05, 0.1) is 12.6 Å². The van der Waals surface area contributed by atoms with E-state index in [0.29, 0.717) is 16.5 Å². The summed E-state index contributed by atoms with van der Waals surface area (Å²) < 4.78 is 6.25. The Hall–Kier alpha value is -2.37. The van der Waals surface area contributed by atoms with Crippen molar-refractivity contribution in [1.29, 1.82) is 0 Å². The molecule has 2 atom stereocenters. The molecule has 2 amide bonds. The van der Waals surface area contributed by atoms with Gasteiger partial charge in [0.2, 0.25) is 5.91 Å². The zero-order chi connectivity index (χ0) is 22.0. The fraction of sp³-hybridized carbons (Fsp3) is 0.440. The van der Waals surface area contributed by atoms with Crippen LogP contribution in [0.15, 0.2) is 54.6 Å². The summed E-state index contributed by atoms with van der Waals surface area (Å²) >= 11 is 6.15. The first-order chi connectivity index (χ1) is 14.9. The highest BCUT2D eigenvalue weighted by Crippen LogP contribution is 2.43. The minimum absolute atomic E-state index is 0.167. The highest BCUT2D eigenvalue weighted by Gasteiger charge is 2.53. The van der Waals surface area contributed by atoms with E-state index < -0.39 is 11.8 Å². The van der Waals surface area contributed by atoms with Gasteiger partial charge in [-0.05, 0) is 62.3 Å². The molecule has 5 nitrogen and oxygen atoms in total. The smallest absolute Gasteiger partial charge is 0.256 e. The van der Waals surface area contributed by atoms with E-state index >= 15 is 0 Å². The zero-order valence-corrected chi connectivity index (χ0v) is 18.8. The van der Waals surface area contributed by atoms with Crippen molar-refractivity contribution in [3.8, 4) is 0 Å². The molecular weight excluding hydrogens is 412 g/mol. The molecule has 0 aromatic heterocycles. The maximum absolute atomic E-state index is 13.6. The lowest BCUT2D eigenvalue weighted by Crippen LogP contribution is -2.57. The number of hydrogen-bond acceptors (Lipinski definition) is 3. The van der Waals surface area contributed by atoms with E-state index in [-0.39, 0.29) is 24.5 Å². The molecule has 2 fully saturated rings. The highest BCUT2D eigenvalue weighted by atomic mass is 35.5. The number of nitrogens with one attached hydrogen (secondary N) is 1. The molecule has 1 aliphatic carbocycles. The molecule has 2 aromatic carbocycles. The minimum atomic E-state index is -0.732. The van der Waals surface area contributed by atoms with Crippen LogP contribution in [-0.2, 0) is 9.53 Å². The third-order valence-corrected chi connectivity index (χ3v) is 6.80. The minimum Gasteiger partial charge on any atom is -0.353 e. The molecule has 0 bridgehead atoms. The fourth-order valence-electron chi connectivity index (χ4n) is 4.68. The van der Waals surface area contributed by atoms with Gasteiger partial charge in [0.1, 0.15) is 11.8 Å². The number of hydrogen-bond donors (Lipinski definition) is 1. The van der Waals surface area contributed by atoms with Gasteiger partial charge in [-0.25, -0.2) is 0 Å². The summed E-state index contributed by atoms with van der Waals surface area (Å²) in [6.45, 7) is 4.37. The standard InChI is InChI=1S/C25H29ClN2O3/c1-17-11-13-25(14-12-17)28(24(30)20-9-6-10-21(26)15-20)22(16-31-25)23(29)27-18(2)19-7-4-3-5-8-19/h3-10,15,17-18,22H,11-14,16H2,1-2H3,(H,27,29)/t17?,18-,22-,25?/m1/s1. The highest BCUT2D eigenvalue weighted by molar-refractivity contribution is 6.31. The second-order valence-corrected chi connectivity index (χ2v) is 9.22. The first-order valence-electron chi connectivity index (χ1n) is 11.0. The third-order valence-electron chi connectivity index (χ3n) is 6.57. The number of rotatable bonds is 4. The van der Waals surface area contributed by atoms with Crippen LogP contribution in [0.3, 0.4) is 0 Å². The Kier molecular flexibility index (Phi) is 6.35. The van der Waals surface area contributed by atoms with Crippen molar-refractivity contribution in [3.63, 3.8) is 0 Å². The predicted octanol–water partition coefficient (Wildman–Crippen LogP) is 4.96. The zero-order valence-electron chi connectivity index (χ0n) is 18.0. The van der Waals surface area contributed by atoms with E-state index in [1.807, 2.05) is 37.3 Å². The van der Waals surface area contributed by atoms with Gasteiger partial charge in [0.25, 0.3) is 5.91 Å². The third kappa shape index (κ3) is 4.48. The van der Waals surface area contributed by atoms with Crippen molar-refractivity contribution in [2.45, 2.75) is 57.3 Å². The van der Waals surface area contributed by atoms with Gasteiger partial charge in [-0.15, -0.1) is 0 Å². The molecule has 2 aliphatic rings. The first-order valence-corrected chi connectivity index (χ1v) is 11.4. The monoisotopic (exact) mass is 440 g/mol. The quantitative estimate of drug-likeness (QED) is 0.730. The van der Waals surface area contributed by atoms with Gasteiger partial charge in [-0.3, -0.25) is 14.5 Å². The Morgan fingerprint density at radius 3 is 2.52 bits per heavy atom. The molecule has 164 valence electrons. The lowest BCUT2D eigenvalue weighted by molar-refractivity contribution is -0.128. The molecular formula is C25H29ClN2O3. The maximum atomic E-state index is 13.6. The number of carbonyl (C=O) groups is 2. The fourth-order valence-corrected chi connectivity index (χ4v) is 4.87. The summed E-state index contributed by atoms with van der Waals surface area (Å²) in [6.07, 6.45) is 3.40. The maximum Gasteiger partial charge on any atom is 0.256 e. The Bertz CT molecular complexity index is 941. The number of benzene rings is 2. The number of halogens is 1. The molecule has 4 rings (SSSR count). The van der Waals surface area contributed by atoms with E-state index in [1.165, 1.54) is 0 Å². The van der Waals surface area contributed by atoms with E-state index in [4.69, 9.17) is 16.3 Å². The Morgan fingerprint density at radius 1 is 1.13 bits per heavy atom. The summed E-state index contributed by atoms with van der Waals surface area (Å²) in [5.41, 5.74) is 0.762. The van der Waals surface area contributed by atoms with Crippen molar-refractivity contribution in [2.24, 2.45) is 5.92 Å². The van der Waals surface area contributed by atoms with Gasteiger partial charge in [-0.2, -0.15) is 0 Å². The Labute approximate surface area is 188 Å². The van der Waals surface area contributed by atoms with Gasteiger partial charge >= 0.3 is 0 Å². The summed E-state index contributed by atoms with van der Waals surface area (Å²) in [7, 11) is 0. The first kappa shape index (κ1) is 21.8. The Morgan fingerprint density at radius 2 is 1.84 bits per heavy atom. The second-order valence-electron chi connectivity index (χ2n) is 8.78. The molecule has 1 heterocycles. The van der Waals surface area contributed by atoms with E-state index in [0.717, 1.165) is 31.2 Å². The van der Waals surface area contributed by atoms with Gasteiger partial charge in [-0.1, -0.05) is 54.9 Å². The molecule has 6 heteroatoms. The van der Waals surface area contributed by atoms with Crippen molar-refractivity contribution in [1.82, 2.24) is 10.2 Å². The van der Waals surface area contributed by atoms with Crippen LogP contribution in [0.25, 0.3) is 0 Å². The van der Waals surface area contributed by atoms with Crippen LogP contribution in [-0.4, -0.2) is 35.1 Å². The van der Waals surface area contributed by atoms with Crippen LogP contribution in [0.5, 0.6) is 0 Å². The Balaban J connectivity index is 1.61. The average molecular weight is 441 g/mol. The topological polar surface area (TPSA) is 58.6 Å².